The number of nitrogens with zero attached hydrogens (tertiary/aromatic N) is 1. The Morgan fingerprint density at radius 2 is 1.66 bits per heavy atom. The number of esters is 1. The third-order valence-corrected chi connectivity index (χ3v) is 6.82. The Morgan fingerprint density at radius 3 is 2.31 bits per heavy atom. The Balaban J connectivity index is 1.66. The van der Waals surface area contributed by atoms with Gasteiger partial charge in [-0.2, -0.15) is 0 Å². The number of benzene rings is 3. The van der Waals surface area contributed by atoms with Crippen molar-refractivity contribution in [3.8, 4) is 0 Å². The predicted molar refractivity (Wildman–Crippen MR) is 139 cm³/mol. The van der Waals surface area contributed by atoms with Crippen LogP contribution < -0.4 is 10.2 Å². The Bertz CT molecular complexity index is 1310. The first-order valence-electron chi connectivity index (χ1n) is 10.7. The molecular formula is C26H20Cl2N2O4S. The van der Waals surface area contributed by atoms with Gasteiger partial charge in [0.05, 0.1) is 27.9 Å². The summed E-state index contributed by atoms with van der Waals surface area (Å²) in [7, 11) is 0. The number of hydrogen-bond acceptors (Lipinski definition) is 6. The van der Waals surface area contributed by atoms with Gasteiger partial charge in [-0.15, -0.1) is 0 Å². The number of rotatable bonds is 8. The number of carbonyl (C=O) groups is 3. The van der Waals surface area contributed by atoms with E-state index >= 15 is 0 Å². The monoisotopic (exact) mass is 526 g/mol. The molecule has 6 nitrogen and oxygen atoms in total. The highest BCUT2D eigenvalue weighted by Gasteiger charge is 2.40. The molecule has 3 aromatic carbocycles. The van der Waals surface area contributed by atoms with Gasteiger partial charge in [0, 0.05) is 10.6 Å². The van der Waals surface area contributed by atoms with E-state index in [2.05, 4.69) is 5.32 Å². The summed E-state index contributed by atoms with van der Waals surface area (Å²) in [6.45, 7) is 2.22. The number of anilines is 2. The Labute approximate surface area is 216 Å². The standard InChI is InChI=1S/C26H20Cl2N2O4S/c1-2-14-34-26(33)16-8-11-18(12-9-16)30-24(31)22(29-17-10-13-20(27)21(28)15-17)23(25(30)32)35-19-6-4-3-5-7-19/h3-13,15,29H,2,14H2,1H3. The first kappa shape index (κ1) is 24.9. The Kier molecular flexibility index (Phi) is 7.80. The summed E-state index contributed by atoms with van der Waals surface area (Å²) >= 11 is 13.3. The van der Waals surface area contributed by atoms with Crippen LogP contribution in [0.5, 0.6) is 0 Å². The van der Waals surface area contributed by atoms with Crippen LogP contribution in [-0.2, 0) is 14.3 Å². The van der Waals surface area contributed by atoms with Gasteiger partial charge in [0.1, 0.15) is 10.6 Å². The Hall–Kier alpha value is -3.26. The van der Waals surface area contributed by atoms with E-state index in [-0.39, 0.29) is 10.6 Å². The highest BCUT2D eigenvalue weighted by Crippen LogP contribution is 2.38. The second kappa shape index (κ2) is 11.0. The van der Waals surface area contributed by atoms with Crippen LogP contribution in [-0.4, -0.2) is 24.4 Å². The normalized spacial score (nSPS) is 13.4. The topological polar surface area (TPSA) is 75.7 Å². The molecule has 35 heavy (non-hydrogen) atoms. The summed E-state index contributed by atoms with van der Waals surface area (Å²) in [4.78, 5) is 41.1. The molecule has 0 fully saturated rings. The number of carbonyl (C=O) groups excluding carboxylic acids is 3. The molecule has 0 aromatic heterocycles. The van der Waals surface area contributed by atoms with Crippen LogP contribution in [0.4, 0.5) is 11.4 Å². The van der Waals surface area contributed by atoms with Crippen molar-refractivity contribution in [2.75, 3.05) is 16.8 Å². The first-order chi connectivity index (χ1) is 16.9. The second-order valence-electron chi connectivity index (χ2n) is 7.50. The molecule has 0 saturated carbocycles. The summed E-state index contributed by atoms with van der Waals surface area (Å²) in [6, 6.07) is 20.3. The fourth-order valence-electron chi connectivity index (χ4n) is 3.30. The van der Waals surface area contributed by atoms with Crippen LogP contribution in [0.2, 0.25) is 10.0 Å². The molecule has 0 spiro atoms. The number of halogens is 2. The molecule has 0 bridgehead atoms. The molecule has 0 saturated heterocycles. The van der Waals surface area contributed by atoms with Crippen molar-refractivity contribution in [1.82, 2.24) is 0 Å². The van der Waals surface area contributed by atoms with E-state index in [1.807, 2.05) is 37.3 Å². The lowest BCUT2D eigenvalue weighted by molar-refractivity contribution is -0.120. The van der Waals surface area contributed by atoms with Gasteiger partial charge in [-0.25, -0.2) is 9.69 Å². The zero-order valence-corrected chi connectivity index (χ0v) is 20.9. The van der Waals surface area contributed by atoms with Crippen LogP contribution in [0.3, 0.4) is 0 Å². The minimum absolute atomic E-state index is 0.119. The summed E-state index contributed by atoms with van der Waals surface area (Å²) in [5.41, 5.74) is 1.30. The second-order valence-corrected chi connectivity index (χ2v) is 9.40. The minimum Gasteiger partial charge on any atom is -0.462 e. The van der Waals surface area contributed by atoms with E-state index in [1.54, 1.807) is 30.3 Å². The van der Waals surface area contributed by atoms with Crippen LogP contribution in [0.25, 0.3) is 0 Å². The van der Waals surface area contributed by atoms with Crippen LogP contribution in [0.15, 0.2) is 88.3 Å². The van der Waals surface area contributed by atoms with Gasteiger partial charge in [0.15, 0.2) is 0 Å². The average Bonchev–Trinajstić information content (AvgIpc) is 3.09. The molecule has 178 valence electrons. The van der Waals surface area contributed by atoms with Crippen molar-refractivity contribution in [3.05, 3.63) is 99.0 Å². The van der Waals surface area contributed by atoms with E-state index in [0.29, 0.717) is 40.0 Å². The average molecular weight is 527 g/mol. The van der Waals surface area contributed by atoms with Gasteiger partial charge in [0.2, 0.25) is 0 Å². The van der Waals surface area contributed by atoms with Crippen molar-refractivity contribution in [2.24, 2.45) is 0 Å². The van der Waals surface area contributed by atoms with Gasteiger partial charge in [-0.3, -0.25) is 9.59 Å². The lowest BCUT2D eigenvalue weighted by atomic mass is 10.2. The highest BCUT2D eigenvalue weighted by molar-refractivity contribution is 8.04. The van der Waals surface area contributed by atoms with Crippen LogP contribution >= 0.6 is 35.0 Å². The molecule has 9 heteroatoms. The maximum absolute atomic E-state index is 13.5. The third kappa shape index (κ3) is 5.53. The zero-order chi connectivity index (χ0) is 24.9. The van der Waals surface area contributed by atoms with E-state index in [0.717, 1.165) is 9.80 Å². The van der Waals surface area contributed by atoms with Crippen LogP contribution in [0, 0.1) is 0 Å². The zero-order valence-electron chi connectivity index (χ0n) is 18.6. The highest BCUT2D eigenvalue weighted by atomic mass is 35.5. The number of hydrogen-bond donors (Lipinski definition) is 1. The molecule has 1 aliphatic rings. The lowest BCUT2D eigenvalue weighted by Gasteiger charge is -2.16. The quantitative estimate of drug-likeness (QED) is 0.265. The molecule has 4 rings (SSSR count). The third-order valence-electron chi connectivity index (χ3n) is 4.99. The molecule has 0 aliphatic carbocycles. The van der Waals surface area contributed by atoms with E-state index in [4.69, 9.17) is 27.9 Å². The predicted octanol–water partition coefficient (Wildman–Crippen LogP) is 6.55. The number of amides is 2. The lowest BCUT2D eigenvalue weighted by Crippen LogP contribution is -2.32. The molecule has 1 N–H and O–H groups in total. The molecule has 1 aliphatic heterocycles. The van der Waals surface area contributed by atoms with Crippen molar-refractivity contribution in [2.45, 2.75) is 18.2 Å². The van der Waals surface area contributed by atoms with E-state index in [9.17, 15) is 14.4 Å². The molecule has 1 heterocycles. The SMILES string of the molecule is CCCOC(=O)c1ccc(N2C(=O)C(Nc3ccc(Cl)c(Cl)c3)=C(Sc3ccccc3)C2=O)cc1. The number of nitrogens with one attached hydrogen (secondary N) is 1. The van der Waals surface area contributed by atoms with E-state index < -0.39 is 17.8 Å². The summed E-state index contributed by atoms with van der Waals surface area (Å²) in [5.74, 6) is -1.47. The van der Waals surface area contributed by atoms with Gasteiger partial charge in [-0.1, -0.05) is 60.1 Å². The first-order valence-corrected chi connectivity index (χ1v) is 12.3. The fourth-order valence-corrected chi connectivity index (χ4v) is 4.54. The van der Waals surface area contributed by atoms with Gasteiger partial charge in [-0.05, 0) is 61.0 Å². The maximum atomic E-state index is 13.5. The number of ether oxygens (including phenoxy) is 1. The van der Waals surface area contributed by atoms with Crippen LogP contribution in [0.1, 0.15) is 23.7 Å². The summed E-state index contributed by atoms with van der Waals surface area (Å²) in [5, 5.41) is 3.73. The maximum Gasteiger partial charge on any atom is 0.338 e. The molecule has 0 radical (unpaired) electrons. The molecular weight excluding hydrogens is 507 g/mol. The largest absolute Gasteiger partial charge is 0.462 e. The summed E-state index contributed by atoms with van der Waals surface area (Å²) in [6.07, 6.45) is 0.711. The smallest absolute Gasteiger partial charge is 0.338 e. The molecule has 3 aromatic rings. The van der Waals surface area contributed by atoms with Gasteiger partial charge >= 0.3 is 5.97 Å². The molecule has 2 amide bonds. The van der Waals surface area contributed by atoms with Gasteiger partial charge in [0.25, 0.3) is 11.8 Å². The Morgan fingerprint density at radius 1 is 0.943 bits per heavy atom. The fraction of sp³-hybridized carbons (Fsp3) is 0.115. The van der Waals surface area contributed by atoms with E-state index in [1.165, 1.54) is 23.9 Å². The minimum atomic E-state index is -0.527. The number of imide groups is 1. The summed E-state index contributed by atoms with van der Waals surface area (Å²) < 4.78 is 5.14. The van der Waals surface area contributed by atoms with Crippen molar-refractivity contribution < 1.29 is 19.1 Å². The molecule has 0 atom stereocenters. The molecule has 0 unspecified atom stereocenters. The van der Waals surface area contributed by atoms with Crippen molar-refractivity contribution in [1.29, 1.82) is 0 Å². The van der Waals surface area contributed by atoms with Gasteiger partial charge < -0.3 is 10.1 Å². The van der Waals surface area contributed by atoms with Crippen molar-refractivity contribution >= 4 is 64.1 Å². The number of thioether (sulfide) groups is 1. The van der Waals surface area contributed by atoms with Crippen molar-refractivity contribution in [3.63, 3.8) is 0 Å².